The van der Waals surface area contributed by atoms with Gasteiger partial charge in [0.25, 0.3) is 0 Å². The summed E-state index contributed by atoms with van der Waals surface area (Å²) in [5.74, 6) is -0.585. The van der Waals surface area contributed by atoms with Crippen molar-refractivity contribution < 1.29 is 28.2 Å². The summed E-state index contributed by atoms with van der Waals surface area (Å²) in [5.41, 5.74) is 6.47. The molecule has 0 saturated carbocycles. The minimum absolute atomic E-state index is 0.0253. The van der Waals surface area contributed by atoms with Crippen LogP contribution in [0.4, 0.5) is 5.82 Å². The maximum atomic E-state index is 12.4. The van der Waals surface area contributed by atoms with Crippen LogP contribution in [0.2, 0.25) is 0 Å². The average Bonchev–Trinajstić information content (AvgIpc) is 3.03. The molecule has 0 aliphatic heterocycles. The van der Waals surface area contributed by atoms with Crippen molar-refractivity contribution in [2.75, 3.05) is 18.9 Å². The number of carbonyl (C=O) groups excluding carboxylic acids is 2. The number of pyridine rings is 1. The second-order valence-corrected chi connectivity index (χ2v) is 5.82. The van der Waals surface area contributed by atoms with Crippen LogP contribution in [0, 0.1) is 6.92 Å². The van der Waals surface area contributed by atoms with Gasteiger partial charge in [-0.3, -0.25) is 0 Å². The Morgan fingerprint density at radius 2 is 1.93 bits per heavy atom. The molecule has 2 N–H and O–H groups in total. The van der Waals surface area contributed by atoms with Crippen LogP contribution in [0.15, 0.2) is 22.7 Å². The van der Waals surface area contributed by atoms with Crippen LogP contribution < -0.4 is 10.5 Å². The number of carbonyl (C=O) groups is 2. The van der Waals surface area contributed by atoms with Crippen molar-refractivity contribution in [1.82, 2.24) is 15.0 Å². The molecule has 0 spiro atoms. The molecular formula is C19H20N4O6. The number of aryl methyl sites for hydroxylation is 1. The lowest BCUT2D eigenvalue weighted by atomic mass is 10.2. The van der Waals surface area contributed by atoms with Gasteiger partial charge < -0.3 is 24.4 Å². The molecule has 10 nitrogen and oxygen atoms in total. The van der Waals surface area contributed by atoms with Gasteiger partial charge in [-0.05, 0) is 32.9 Å². The third-order valence-electron chi connectivity index (χ3n) is 3.89. The summed E-state index contributed by atoms with van der Waals surface area (Å²) in [7, 11) is 0. The van der Waals surface area contributed by atoms with Crippen molar-refractivity contribution in [1.29, 1.82) is 0 Å². The Morgan fingerprint density at radius 1 is 1.14 bits per heavy atom. The second kappa shape index (κ2) is 8.55. The highest BCUT2D eigenvalue weighted by atomic mass is 16.5. The minimum atomic E-state index is -0.647. The number of nitrogens with zero attached hydrogens (tertiary/aromatic N) is 3. The number of nitrogen functional groups attached to an aromatic ring is 1. The quantitative estimate of drug-likeness (QED) is 0.588. The number of rotatable bonds is 7. The van der Waals surface area contributed by atoms with E-state index in [0.29, 0.717) is 12.4 Å². The number of hydrogen-bond acceptors (Lipinski definition) is 10. The molecule has 0 aromatic carbocycles. The van der Waals surface area contributed by atoms with Crippen LogP contribution in [0.25, 0.3) is 11.1 Å². The molecule has 0 radical (unpaired) electrons. The zero-order valence-electron chi connectivity index (χ0n) is 16.2. The van der Waals surface area contributed by atoms with E-state index in [9.17, 15) is 9.59 Å². The Labute approximate surface area is 166 Å². The summed E-state index contributed by atoms with van der Waals surface area (Å²) in [6.07, 6.45) is 1.51. The molecule has 29 heavy (non-hydrogen) atoms. The molecule has 3 heterocycles. The summed E-state index contributed by atoms with van der Waals surface area (Å²) >= 11 is 0. The average molecular weight is 400 g/mol. The van der Waals surface area contributed by atoms with E-state index in [4.69, 9.17) is 24.4 Å². The van der Waals surface area contributed by atoms with E-state index in [1.165, 1.54) is 6.20 Å². The van der Waals surface area contributed by atoms with Gasteiger partial charge in [0, 0.05) is 6.20 Å². The lowest BCUT2D eigenvalue weighted by Gasteiger charge is -2.08. The van der Waals surface area contributed by atoms with E-state index in [1.807, 2.05) is 0 Å². The number of fused-ring (bicyclic) bond motifs is 1. The molecule has 0 saturated heterocycles. The van der Waals surface area contributed by atoms with Gasteiger partial charge in [-0.1, -0.05) is 0 Å². The number of nitrogens with two attached hydrogens (primary N) is 1. The van der Waals surface area contributed by atoms with Crippen LogP contribution in [-0.4, -0.2) is 40.1 Å². The second-order valence-electron chi connectivity index (χ2n) is 5.82. The van der Waals surface area contributed by atoms with Crippen LogP contribution in [0.3, 0.4) is 0 Å². The fourth-order valence-corrected chi connectivity index (χ4v) is 2.70. The summed E-state index contributed by atoms with van der Waals surface area (Å²) in [4.78, 5) is 36.8. The van der Waals surface area contributed by atoms with E-state index in [0.717, 1.165) is 0 Å². The Hall–Kier alpha value is -3.69. The number of anilines is 1. The van der Waals surface area contributed by atoms with Gasteiger partial charge in [0.2, 0.25) is 11.6 Å². The molecule has 0 aliphatic carbocycles. The van der Waals surface area contributed by atoms with E-state index in [1.54, 1.807) is 32.9 Å². The lowest BCUT2D eigenvalue weighted by Crippen LogP contribution is -2.11. The molecule has 0 bridgehead atoms. The third kappa shape index (κ3) is 4.10. The Kier molecular flexibility index (Phi) is 5.91. The normalized spacial score (nSPS) is 10.7. The molecule has 3 aromatic rings. The fraction of sp³-hybridized carbons (Fsp3) is 0.316. The number of esters is 2. The summed E-state index contributed by atoms with van der Waals surface area (Å²) in [5, 5.41) is 0.266. The summed E-state index contributed by atoms with van der Waals surface area (Å²) < 4.78 is 21.1. The van der Waals surface area contributed by atoms with Gasteiger partial charge in [0.15, 0.2) is 12.4 Å². The molecule has 152 valence electrons. The SMILES string of the molecule is CCOC(=O)c1c(C)oc2nc(COC(=O)c3cccnc3OCC)nc(N)c12. The predicted molar refractivity (Wildman–Crippen MR) is 101 cm³/mol. The maximum absolute atomic E-state index is 12.4. The van der Waals surface area contributed by atoms with Crippen molar-refractivity contribution in [2.24, 2.45) is 0 Å². The monoisotopic (exact) mass is 400 g/mol. The number of furan rings is 1. The van der Waals surface area contributed by atoms with Gasteiger partial charge >= 0.3 is 11.9 Å². The van der Waals surface area contributed by atoms with Crippen LogP contribution in [0.5, 0.6) is 5.88 Å². The van der Waals surface area contributed by atoms with Gasteiger partial charge in [-0.2, -0.15) is 4.98 Å². The maximum Gasteiger partial charge on any atom is 0.344 e. The first-order chi connectivity index (χ1) is 14.0. The fourth-order valence-electron chi connectivity index (χ4n) is 2.70. The van der Waals surface area contributed by atoms with E-state index >= 15 is 0 Å². The van der Waals surface area contributed by atoms with Crippen molar-refractivity contribution in [2.45, 2.75) is 27.4 Å². The van der Waals surface area contributed by atoms with Crippen LogP contribution >= 0.6 is 0 Å². The van der Waals surface area contributed by atoms with Gasteiger partial charge in [0.1, 0.15) is 22.7 Å². The molecule has 0 amide bonds. The summed E-state index contributed by atoms with van der Waals surface area (Å²) in [6, 6.07) is 3.14. The first kappa shape index (κ1) is 20.1. The standard InChI is InChI=1S/C19H20N4O6/c1-4-26-16-11(7-6-8-21-16)18(24)28-9-12-22-15(20)14-13(19(25)27-5-2)10(3)29-17(14)23-12/h6-8H,4-5,9H2,1-3H3,(H2,20,22,23). The predicted octanol–water partition coefficient (Wildman–Crippen LogP) is 2.44. The molecule has 0 fully saturated rings. The molecule has 0 atom stereocenters. The number of aromatic nitrogens is 3. The molecule has 0 aliphatic rings. The number of hydrogen-bond donors (Lipinski definition) is 1. The highest BCUT2D eigenvalue weighted by Gasteiger charge is 2.24. The topological polar surface area (TPSA) is 140 Å². The van der Waals surface area contributed by atoms with E-state index < -0.39 is 11.9 Å². The summed E-state index contributed by atoms with van der Waals surface area (Å²) in [6.45, 7) is 5.39. The molecular weight excluding hydrogens is 380 g/mol. The lowest BCUT2D eigenvalue weighted by molar-refractivity contribution is 0.0456. The Morgan fingerprint density at radius 3 is 2.66 bits per heavy atom. The molecule has 3 rings (SSSR count). The highest BCUT2D eigenvalue weighted by Crippen LogP contribution is 2.29. The smallest absolute Gasteiger partial charge is 0.344 e. The van der Waals surface area contributed by atoms with E-state index in [2.05, 4.69) is 15.0 Å². The Bertz CT molecular complexity index is 1060. The zero-order valence-corrected chi connectivity index (χ0v) is 16.2. The largest absolute Gasteiger partial charge is 0.477 e. The van der Waals surface area contributed by atoms with Crippen molar-refractivity contribution in [3.63, 3.8) is 0 Å². The van der Waals surface area contributed by atoms with Gasteiger partial charge in [0.05, 0.1) is 18.6 Å². The van der Waals surface area contributed by atoms with Gasteiger partial charge in [-0.25, -0.2) is 19.6 Å². The van der Waals surface area contributed by atoms with Gasteiger partial charge in [-0.15, -0.1) is 0 Å². The highest BCUT2D eigenvalue weighted by molar-refractivity contribution is 6.07. The Balaban J connectivity index is 1.83. The first-order valence-corrected chi connectivity index (χ1v) is 8.93. The van der Waals surface area contributed by atoms with Crippen molar-refractivity contribution >= 4 is 28.9 Å². The van der Waals surface area contributed by atoms with E-state index in [-0.39, 0.29) is 53.0 Å². The molecule has 10 heteroatoms. The zero-order chi connectivity index (χ0) is 21.0. The minimum Gasteiger partial charge on any atom is -0.477 e. The van der Waals surface area contributed by atoms with Crippen LogP contribution in [0.1, 0.15) is 46.1 Å². The van der Waals surface area contributed by atoms with Crippen molar-refractivity contribution in [3.05, 3.63) is 41.0 Å². The van der Waals surface area contributed by atoms with Crippen molar-refractivity contribution in [3.8, 4) is 5.88 Å². The third-order valence-corrected chi connectivity index (χ3v) is 3.89. The molecule has 3 aromatic heterocycles. The first-order valence-electron chi connectivity index (χ1n) is 8.93. The number of ether oxygens (including phenoxy) is 3. The molecule has 0 unspecified atom stereocenters. The van der Waals surface area contributed by atoms with Crippen LogP contribution in [-0.2, 0) is 16.1 Å².